The van der Waals surface area contributed by atoms with Crippen molar-refractivity contribution in [2.75, 3.05) is 14.1 Å². The van der Waals surface area contributed by atoms with Crippen molar-refractivity contribution in [3.63, 3.8) is 0 Å². The van der Waals surface area contributed by atoms with Gasteiger partial charge in [-0.3, -0.25) is 4.98 Å². The molecule has 2 heteroatoms. The predicted octanol–water partition coefficient (Wildman–Crippen LogP) is 3.51. The molecule has 0 aliphatic heterocycles. The van der Waals surface area contributed by atoms with E-state index in [0.717, 1.165) is 12.1 Å². The molecule has 1 atom stereocenters. The van der Waals surface area contributed by atoms with E-state index in [1.165, 1.54) is 5.70 Å². The number of likely N-dealkylation sites (N-methyl/N-ethyl adjacent to an activating group) is 1. The van der Waals surface area contributed by atoms with Crippen LogP contribution in [0.3, 0.4) is 0 Å². The second-order valence-electron chi connectivity index (χ2n) is 5.15. The zero-order valence-corrected chi connectivity index (χ0v) is 11.3. The number of allylic oxidation sites excluding steroid dienone is 4. The Kier molecular flexibility index (Phi) is 3.66. The van der Waals surface area contributed by atoms with E-state index >= 15 is 0 Å². The van der Waals surface area contributed by atoms with Crippen LogP contribution in [-0.4, -0.2) is 24.0 Å². The van der Waals surface area contributed by atoms with Gasteiger partial charge in [0.15, 0.2) is 0 Å². The molecule has 0 aromatic carbocycles. The lowest BCUT2D eigenvalue weighted by Gasteiger charge is -2.26. The van der Waals surface area contributed by atoms with Crippen LogP contribution in [0.2, 0.25) is 0 Å². The van der Waals surface area contributed by atoms with Crippen LogP contribution in [0.25, 0.3) is 6.08 Å². The molecule has 94 valence electrons. The average molecular weight is 240 g/mol. The SMILES string of the molecule is CN(C)C1=CCC(C)(/C=C/c2ccccn2)C=C1. The quantitative estimate of drug-likeness (QED) is 0.803. The van der Waals surface area contributed by atoms with Crippen molar-refractivity contribution in [3.05, 3.63) is 60.1 Å². The largest absolute Gasteiger partial charge is 0.378 e. The fourth-order valence-electron chi connectivity index (χ4n) is 1.94. The monoisotopic (exact) mass is 240 g/mol. The number of aromatic nitrogens is 1. The second-order valence-corrected chi connectivity index (χ2v) is 5.15. The minimum absolute atomic E-state index is 0.0943. The first-order chi connectivity index (χ1) is 8.59. The first kappa shape index (κ1) is 12.6. The molecule has 1 unspecified atom stereocenters. The topological polar surface area (TPSA) is 16.1 Å². The van der Waals surface area contributed by atoms with E-state index in [2.05, 4.69) is 61.3 Å². The van der Waals surface area contributed by atoms with Crippen LogP contribution in [-0.2, 0) is 0 Å². The predicted molar refractivity (Wildman–Crippen MR) is 76.9 cm³/mol. The van der Waals surface area contributed by atoms with Crippen LogP contribution in [0, 0.1) is 5.41 Å². The molecule has 2 nitrogen and oxygen atoms in total. The molecule has 1 aliphatic carbocycles. The van der Waals surface area contributed by atoms with Crippen molar-refractivity contribution in [1.82, 2.24) is 9.88 Å². The molecule has 1 heterocycles. The van der Waals surface area contributed by atoms with Gasteiger partial charge in [0, 0.05) is 31.4 Å². The minimum atomic E-state index is 0.0943. The Morgan fingerprint density at radius 3 is 2.72 bits per heavy atom. The van der Waals surface area contributed by atoms with Gasteiger partial charge >= 0.3 is 0 Å². The summed E-state index contributed by atoms with van der Waals surface area (Å²) >= 11 is 0. The fraction of sp³-hybridized carbons (Fsp3) is 0.312. The van der Waals surface area contributed by atoms with Crippen molar-refractivity contribution in [2.24, 2.45) is 5.41 Å². The molecule has 1 aromatic heterocycles. The maximum Gasteiger partial charge on any atom is 0.0626 e. The lowest BCUT2D eigenvalue weighted by Crippen LogP contribution is -2.17. The fourth-order valence-corrected chi connectivity index (χ4v) is 1.94. The molecule has 2 rings (SSSR count). The van der Waals surface area contributed by atoms with Crippen molar-refractivity contribution in [3.8, 4) is 0 Å². The minimum Gasteiger partial charge on any atom is -0.378 e. The Hall–Kier alpha value is -1.83. The number of pyridine rings is 1. The smallest absolute Gasteiger partial charge is 0.0626 e. The van der Waals surface area contributed by atoms with Gasteiger partial charge in [-0.15, -0.1) is 0 Å². The Morgan fingerprint density at radius 1 is 1.33 bits per heavy atom. The summed E-state index contributed by atoms with van der Waals surface area (Å²) in [5.74, 6) is 0. The summed E-state index contributed by atoms with van der Waals surface area (Å²) in [5.41, 5.74) is 2.38. The maximum atomic E-state index is 4.30. The highest BCUT2D eigenvalue weighted by atomic mass is 15.1. The van der Waals surface area contributed by atoms with Crippen LogP contribution < -0.4 is 0 Å². The summed E-state index contributed by atoms with van der Waals surface area (Å²) in [6.45, 7) is 2.24. The summed E-state index contributed by atoms with van der Waals surface area (Å²) in [6, 6.07) is 5.97. The maximum absolute atomic E-state index is 4.30. The van der Waals surface area contributed by atoms with Crippen LogP contribution >= 0.6 is 0 Å². The standard InChI is InChI=1S/C16H20N2/c1-16(10-7-14-6-4-5-13-17-14)11-8-15(9-12-16)18(2)3/h4-11,13H,12H2,1-3H3/b10-7+. The third kappa shape index (κ3) is 3.10. The third-order valence-electron chi connectivity index (χ3n) is 3.22. The molecular formula is C16H20N2. The van der Waals surface area contributed by atoms with Gasteiger partial charge in [0.25, 0.3) is 0 Å². The number of hydrogen-bond donors (Lipinski definition) is 0. The summed E-state index contributed by atoms with van der Waals surface area (Å²) in [5, 5.41) is 0. The Labute approximate surface area is 109 Å². The van der Waals surface area contributed by atoms with Gasteiger partial charge in [-0.2, -0.15) is 0 Å². The van der Waals surface area contributed by atoms with Gasteiger partial charge in [-0.1, -0.05) is 31.2 Å². The van der Waals surface area contributed by atoms with Gasteiger partial charge in [-0.05, 0) is 30.7 Å². The molecule has 0 saturated heterocycles. The van der Waals surface area contributed by atoms with E-state index in [4.69, 9.17) is 0 Å². The van der Waals surface area contributed by atoms with Gasteiger partial charge in [0.1, 0.15) is 0 Å². The molecule has 1 aliphatic rings. The molecule has 0 fully saturated rings. The van der Waals surface area contributed by atoms with Crippen LogP contribution in [0.5, 0.6) is 0 Å². The lowest BCUT2D eigenvalue weighted by atomic mass is 9.82. The summed E-state index contributed by atoms with van der Waals surface area (Å²) < 4.78 is 0. The van der Waals surface area contributed by atoms with Crippen LogP contribution in [0.4, 0.5) is 0 Å². The lowest BCUT2D eigenvalue weighted by molar-refractivity contribution is 0.492. The number of rotatable bonds is 3. The van der Waals surface area contributed by atoms with E-state index in [-0.39, 0.29) is 5.41 Å². The van der Waals surface area contributed by atoms with E-state index in [1.807, 2.05) is 24.4 Å². The van der Waals surface area contributed by atoms with Gasteiger partial charge in [0.2, 0.25) is 0 Å². The normalized spacial score (nSPS) is 23.2. The summed E-state index contributed by atoms with van der Waals surface area (Å²) in [7, 11) is 4.14. The van der Waals surface area contributed by atoms with Crippen molar-refractivity contribution >= 4 is 6.08 Å². The molecule has 18 heavy (non-hydrogen) atoms. The molecule has 0 amide bonds. The van der Waals surface area contributed by atoms with E-state index < -0.39 is 0 Å². The van der Waals surface area contributed by atoms with E-state index in [1.54, 1.807) is 0 Å². The summed E-state index contributed by atoms with van der Waals surface area (Å²) in [6.07, 6.45) is 13.9. The third-order valence-corrected chi connectivity index (χ3v) is 3.22. The van der Waals surface area contributed by atoms with Crippen molar-refractivity contribution in [1.29, 1.82) is 0 Å². The Bertz CT molecular complexity index is 483. The number of hydrogen-bond acceptors (Lipinski definition) is 2. The first-order valence-electron chi connectivity index (χ1n) is 6.26. The highest BCUT2D eigenvalue weighted by Gasteiger charge is 2.19. The number of nitrogens with zero attached hydrogens (tertiary/aromatic N) is 2. The highest BCUT2D eigenvalue weighted by molar-refractivity contribution is 5.47. The molecule has 0 N–H and O–H groups in total. The Balaban J connectivity index is 2.08. The molecule has 0 saturated carbocycles. The van der Waals surface area contributed by atoms with Crippen LogP contribution in [0.1, 0.15) is 19.0 Å². The second kappa shape index (κ2) is 5.21. The molecule has 0 spiro atoms. The Morgan fingerprint density at radius 2 is 2.17 bits per heavy atom. The van der Waals surface area contributed by atoms with E-state index in [0.29, 0.717) is 0 Å². The van der Waals surface area contributed by atoms with E-state index in [9.17, 15) is 0 Å². The molecule has 0 radical (unpaired) electrons. The zero-order valence-electron chi connectivity index (χ0n) is 11.3. The van der Waals surface area contributed by atoms with Crippen molar-refractivity contribution in [2.45, 2.75) is 13.3 Å². The molecule has 0 bridgehead atoms. The first-order valence-corrected chi connectivity index (χ1v) is 6.26. The van der Waals surface area contributed by atoms with Gasteiger partial charge in [-0.25, -0.2) is 0 Å². The zero-order chi connectivity index (χ0) is 13.0. The van der Waals surface area contributed by atoms with Crippen LogP contribution in [0.15, 0.2) is 54.4 Å². The molecule has 1 aromatic rings. The molecular weight excluding hydrogens is 220 g/mol. The van der Waals surface area contributed by atoms with Crippen molar-refractivity contribution < 1.29 is 0 Å². The average Bonchev–Trinajstić information content (AvgIpc) is 2.38. The highest BCUT2D eigenvalue weighted by Crippen LogP contribution is 2.31. The van der Waals surface area contributed by atoms with Gasteiger partial charge in [0.05, 0.1) is 5.69 Å². The summed E-state index contributed by atoms with van der Waals surface area (Å²) in [4.78, 5) is 6.44. The van der Waals surface area contributed by atoms with Gasteiger partial charge < -0.3 is 4.90 Å².